The standard InChI is InChI=1S/C20H16FN5O3/c21-13-8-4-5-9-14(13)23-18(28)12-10-15(27)24-17-16(12)19(29)26-20(25-17)22-11-6-2-1-3-7-11/h1-9,12H,10H2,(H,23,28)(H3,22,24,25,26,27,29). The number of benzene rings is 2. The fourth-order valence-corrected chi connectivity index (χ4v) is 3.10. The number of H-pyrrole nitrogens is 1. The Hall–Kier alpha value is -4.01. The van der Waals surface area contributed by atoms with Crippen molar-refractivity contribution in [1.82, 2.24) is 9.97 Å². The van der Waals surface area contributed by atoms with Crippen molar-refractivity contribution in [3.8, 4) is 0 Å². The van der Waals surface area contributed by atoms with Gasteiger partial charge in [-0.25, -0.2) is 4.39 Å². The minimum absolute atomic E-state index is 0.00267. The van der Waals surface area contributed by atoms with E-state index in [0.29, 0.717) is 5.69 Å². The molecule has 0 saturated carbocycles. The Balaban J connectivity index is 1.66. The van der Waals surface area contributed by atoms with Crippen molar-refractivity contribution in [1.29, 1.82) is 0 Å². The van der Waals surface area contributed by atoms with E-state index in [0.717, 1.165) is 0 Å². The third kappa shape index (κ3) is 3.84. The van der Waals surface area contributed by atoms with Gasteiger partial charge in [-0.3, -0.25) is 19.4 Å². The summed E-state index contributed by atoms with van der Waals surface area (Å²) in [4.78, 5) is 44.3. The number of nitrogens with zero attached hydrogens (tertiary/aromatic N) is 1. The lowest BCUT2D eigenvalue weighted by Crippen LogP contribution is -2.36. The number of nitrogens with one attached hydrogen (secondary N) is 4. The highest BCUT2D eigenvalue weighted by atomic mass is 19.1. The lowest BCUT2D eigenvalue weighted by atomic mass is 9.92. The van der Waals surface area contributed by atoms with Crippen molar-refractivity contribution in [2.75, 3.05) is 16.0 Å². The molecule has 1 aliphatic rings. The molecule has 1 aliphatic heterocycles. The third-order valence-electron chi connectivity index (χ3n) is 4.44. The zero-order valence-corrected chi connectivity index (χ0v) is 15.0. The van der Waals surface area contributed by atoms with Gasteiger partial charge in [0, 0.05) is 12.1 Å². The lowest BCUT2D eigenvalue weighted by Gasteiger charge is -2.23. The summed E-state index contributed by atoms with van der Waals surface area (Å²) in [6, 6.07) is 14.7. The van der Waals surface area contributed by atoms with Crippen molar-refractivity contribution in [2.24, 2.45) is 0 Å². The molecule has 1 aromatic heterocycles. The Morgan fingerprint density at radius 1 is 1.07 bits per heavy atom. The number of halogens is 1. The van der Waals surface area contributed by atoms with E-state index in [-0.39, 0.29) is 29.4 Å². The number of para-hydroxylation sites is 2. The average Bonchev–Trinajstić information content (AvgIpc) is 2.69. The molecule has 146 valence electrons. The zero-order valence-electron chi connectivity index (χ0n) is 15.0. The molecule has 4 rings (SSSR count). The molecule has 1 unspecified atom stereocenters. The average molecular weight is 393 g/mol. The van der Waals surface area contributed by atoms with Crippen LogP contribution in [-0.2, 0) is 9.59 Å². The number of hydrogen-bond donors (Lipinski definition) is 4. The van der Waals surface area contributed by atoms with Crippen LogP contribution in [0.25, 0.3) is 0 Å². The number of fused-ring (bicyclic) bond motifs is 1. The van der Waals surface area contributed by atoms with E-state index in [1.165, 1.54) is 18.2 Å². The van der Waals surface area contributed by atoms with Gasteiger partial charge in [0.2, 0.25) is 17.8 Å². The SMILES string of the molecule is O=C1CC(C(=O)Nc2ccccc2F)c2c(nc(Nc3ccccc3)[nH]c2=O)N1. The molecular formula is C20H16FN5O3. The summed E-state index contributed by atoms with van der Waals surface area (Å²) >= 11 is 0. The second-order valence-electron chi connectivity index (χ2n) is 6.44. The van der Waals surface area contributed by atoms with E-state index in [9.17, 15) is 18.8 Å². The van der Waals surface area contributed by atoms with Crippen LogP contribution in [0.1, 0.15) is 17.9 Å². The molecule has 0 bridgehead atoms. The minimum Gasteiger partial charge on any atom is -0.326 e. The number of aromatic nitrogens is 2. The molecule has 0 aliphatic carbocycles. The fourth-order valence-electron chi connectivity index (χ4n) is 3.10. The Kier molecular flexibility index (Phi) is 4.78. The molecule has 0 radical (unpaired) electrons. The van der Waals surface area contributed by atoms with E-state index < -0.39 is 29.1 Å². The van der Waals surface area contributed by atoms with Crippen LogP contribution >= 0.6 is 0 Å². The molecule has 0 spiro atoms. The molecule has 29 heavy (non-hydrogen) atoms. The first-order valence-electron chi connectivity index (χ1n) is 8.83. The van der Waals surface area contributed by atoms with Crippen molar-refractivity contribution in [3.63, 3.8) is 0 Å². The van der Waals surface area contributed by atoms with Gasteiger partial charge in [0.25, 0.3) is 5.56 Å². The van der Waals surface area contributed by atoms with Gasteiger partial charge in [0.1, 0.15) is 11.6 Å². The maximum absolute atomic E-state index is 13.8. The molecule has 9 heteroatoms. The highest BCUT2D eigenvalue weighted by Crippen LogP contribution is 2.30. The Morgan fingerprint density at radius 3 is 2.55 bits per heavy atom. The second kappa shape index (κ2) is 7.55. The summed E-state index contributed by atoms with van der Waals surface area (Å²) in [5.41, 5.74) is 0.113. The van der Waals surface area contributed by atoms with Crippen LogP contribution in [0.3, 0.4) is 0 Å². The Labute approximate surface area is 164 Å². The first-order valence-corrected chi connectivity index (χ1v) is 8.83. The number of rotatable bonds is 4. The maximum Gasteiger partial charge on any atom is 0.258 e. The predicted molar refractivity (Wildman–Crippen MR) is 106 cm³/mol. The first-order chi connectivity index (χ1) is 14.0. The Morgan fingerprint density at radius 2 is 1.79 bits per heavy atom. The molecular weight excluding hydrogens is 377 g/mol. The summed E-state index contributed by atoms with van der Waals surface area (Å²) in [7, 11) is 0. The van der Waals surface area contributed by atoms with E-state index in [4.69, 9.17) is 0 Å². The summed E-state index contributed by atoms with van der Waals surface area (Å²) < 4.78 is 13.8. The second-order valence-corrected chi connectivity index (χ2v) is 6.44. The largest absolute Gasteiger partial charge is 0.326 e. The first kappa shape index (κ1) is 18.4. The van der Waals surface area contributed by atoms with Gasteiger partial charge in [-0.15, -0.1) is 0 Å². The van der Waals surface area contributed by atoms with Crippen molar-refractivity contribution in [2.45, 2.75) is 12.3 Å². The molecule has 4 N–H and O–H groups in total. The van der Waals surface area contributed by atoms with E-state index in [2.05, 4.69) is 25.9 Å². The minimum atomic E-state index is -1.10. The summed E-state index contributed by atoms with van der Waals surface area (Å²) in [5, 5.41) is 7.89. The normalized spacial score (nSPS) is 15.2. The highest BCUT2D eigenvalue weighted by Gasteiger charge is 2.35. The van der Waals surface area contributed by atoms with Crippen LogP contribution in [-0.4, -0.2) is 21.8 Å². The lowest BCUT2D eigenvalue weighted by molar-refractivity contribution is -0.123. The number of anilines is 4. The molecule has 2 aromatic carbocycles. The molecule has 2 amide bonds. The number of carbonyl (C=O) groups excluding carboxylic acids is 2. The molecule has 1 atom stereocenters. The number of carbonyl (C=O) groups is 2. The molecule has 2 heterocycles. The number of hydrogen-bond acceptors (Lipinski definition) is 5. The van der Waals surface area contributed by atoms with Crippen molar-refractivity contribution < 1.29 is 14.0 Å². The van der Waals surface area contributed by atoms with Gasteiger partial charge in [-0.2, -0.15) is 4.98 Å². The number of amides is 2. The van der Waals surface area contributed by atoms with Gasteiger partial charge >= 0.3 is 0 Å². The number of aromatic amines is 1. The summed E-state index contributed by atoms with van der Waals surface area (Å²) in [6.45, 7) is 0. The fraction of sp³-hybridized carbons (Fsp3) is 0.100. The zero-order chi connectivity index (χ0) is 20.4. The summed E-state index contributed by atoms with van der Waals surface area (Å²) in [5.74, 6) is -2.72. The van der Waals surface area contributed by atoms with Gasteiger partial charge in [0.05, 0.1) is 17.2 Å². The van der Waals surface area contributed by atoms with E-state index in [1.807, 2.05) is 18.2 Å². The molecule has 0 saturated heterocycles. The predicted octanol–water partition coefficient (Wildman–Crippen LogP) is 2.72. The van der Waals surface area contributed by atoms with Crippen LogP contribution in [0.15, 0.2) is 59.4 Å². The van der Waals surface area contributed by atoms with Crippen LogP contribution in [0.4, 0.5) is 27.5 Å². The van der Waals surface area contributed by atoms with Crippen LogP contribution < -0.4 is 21.5 Å². The van der Waals surface area contributed by atoms with Crippen LogP contribution in [0, 0.1) is 5.82 Å². The van der Waals surface area contributed by atoms with Gasteiger partial charge in [-0.05, 0) is 24.3 Å². The van der Waals surface area contributed by atoms with Gasteiger partial charge in [0.15, 0.2) is 0 Å². The molecule has 8 nitrogen and oxygen atoms in total. The van der Waals surface area contributed by atoms with Crippen LogP contribution in [0.5, 0.6) is 0 Å². The highest BCUT2D eigenvalue weighted by molar-refractivity contribution is 6.04. The maximum atomic E-state index is 13.8. The molecule has 3 aromatic rings. The van der Waals surface area contributed by atoms with Crippen molar-refractivity contribution >= 4 is 35.0 Å². The van der Waals surface area contributed by atoms with Gasteiger partial charge < -0.3 is 16.0 Å². The van der Waals surface area contributed by atoms with E-state index >= 15 is 0 Å². The monoisotopic (exact) mass is 393 g/mol. The third-order valence-corrected chi connectivity index (χ3v) is 4.44. The Bertz CT molecular complexity index is 1150. The smallest absolute Gasteiger partial charge is 0.258 e. The summed E-state index contributed by atoms with van der Waals surface area (Å²) in [6.07, 6.45) is -0.247. The topological polar surface area (TPSA) is 116 Å². The molecule has 0 fully saturated rings. The van der Waals surface area contributed by atoms with Crippen LogP contribution in [0.2, 0.25) is 0 Å². The van der Waals surface area contributed by atoms with E-state index in [1.54, 1.807) is 18.2 Å². The van der Waals surface area contributed by atoms with Crippen molar-refractivity contribution in [3.05, 3.63) is 76.3 Å². The van der Waals surface area contributed by atoms with Gasteiger partial charge in [-0.1, -0.05) is 30.3 Å². The quantitative estimate of drug-likeness (QED) is 0.544.